The van der Waals surface area contributed by atoms with Crippen molar-refractivity contribution in [2.24, 2.45) is 5.73 Å². The van der Waals surface area contributed by atoms with Crippen molar-refractivity contribution in [3.63, 3.8) is 0 Å². The zero-order valence-electron chi connectivity index (χ0n) is 9.56. The van der Waals surface area contributed by atoms with E-state index in [1.165, 1.54) is 16.2 Å². The molecule has 0 aliphatic rings. The molecule has 1 aromatic heterocycles. The summed E-state index contributed by atoms with van der Waals surface area (Å²) in [6.45, 7) is 0.748. The van der Waals surface area contributed by atoms with E-state index in [1.807, 2.05) is 6.07 Å². The van der Waals surface area contributed by atoms with Gasteiger partial charge in [0, 0.05) is 19.0 Å². The third kappa shape index (κ3) is 3.92. The molecule has 5 heteroatoms. The van der Waals surface area contributed by atoms with Crippen molar-refractivity contribution in [3.05, 3.63) is 21.9 Å². The quantitative estimate of drug-likeness (QED) is 0.811. The molecule has 0 saturated carbocycles. The first kappa shape index (κ1) is 13.2. The second-order valence-corrected chi connectivity index (χ2v) is 4.25. The summed E-state index contributed by atoms with van der Waals surface area (Å²) in [4.78, 5) is 14.2. The van der Waals surface area contributed by atoms with Crippen LogP contribution >= 0.6 is 11.3 Å². The minimum atomic E-state index is -0.0858. The Morgan fingerprint density at radius 3 is 3.06 bits per heavy atom. The molecule has 0 bridgehead atoms. The fourth-order valence-electron chi connectivity index (χ4n) is 1.19. The molecule has 4 nitrogen and oxygen atoms in total. The van der Waals surface area contributed by atoms with Crippen molar-refractivity contribution in [2.45, 2.75) is 6.42 Å². The monoisotopic (exact) mass is 247 g/mol. The van der Waals surface area contributed by atoms with Gasteiger partial charge in [0.15, 0.2) is 0 Å². The summed E-state index contributed by atoms with van der Waals surface area (Å²) in [6, 6.07) is 3.76. The lowest BCUT2D eigenvalue weighted by molar-refractivity contribution is 0.0798. The first-order chi connectivity index (χ1) is 8.19. The van der Waals surface area contributed by atoms with Crippen LogP contribution in [0.4, 0.5) is 0 Å². The van der Waals surface area contributed by atoms with E-state index in [1.54, 1.807) is 18.5 Å². The number of hydrogen-bond donors (Lipinski definition) is 1. The highest BCUT2D eigenvalue weighted by Crippen LogP contribution is 2.15. The summed E-state index contributed by atoms with van der Waals surface area (Å²) < 4.78 is 0. The SMILES string of the molecule is CN(CCC#N)C(=O)c1csc(C#CCN)c1. The van der Waals surface area contributed by atoms with Crippen molar-refractivity contribution < 1.29 is 4.79 Å². The van der Waals surface area contributed by atoms with E-state index >= 15 is 0 Å². The van der Waals surface area contributed by atoms with E-state index in [2.05, 4.69) is 11.8 Å². The summed E-state index contributed by atoms with van der Waals surface area (Å²) >= 11 is 1.42. The summed E-state index contributed by atoms with van der Waals surface area (Å²) in [5.74, 6) is 5.54. The largest absolute Gasteiger partial charge is 0.341 e. The van der Waals surface area contributed by atoms with Gasteiger partial charge in [0.25, 0.3) is 5.91 Å². The minimum absolute atomic E-state index is 0.0858. The predicted molar refractivity (Wildman–Crippen MR) is 67.4 cm³/mol. The second kappa shape index (κ2) is 6.70. The highest BCUT2D eigenvalue weighted by Gasteiger charge is 2.12. The average molecular weight is 247 g/mol. The van der Waals surface area contributed by atoms with Crippen LogP contribution in [-0.4, -0.2) is 30.9 Å². The molecule has 1 rings (SSSR count). The molecule has 17 heavy (non-hydrogen) atoms. The second-order valence-electron chi connectivity index (χ2n) is 3.34. The van der Waals surface area contributed by atoms with Crippen molar-refractivity contribution in [2.75, 3.05) is 20.1 Å². The van der Waals surface area contributed by atoms with Gasteiger partial charge in [-0.05, 0) is 6.07 Å². The molecule has 0 spiro atoms. The third-order valence-electron chi connectivity index (χ3n) is 2.07. The minimum Gasteiger partial charge on any atom is -0.341 e. The van der Waals surface area contributed by atoms with Crippen LogP contribution in [0.5, 0.6) is 0 Å². The Labute approximate surface area is 105 Å². The Balaban J connectivity index is 2.70. The van der Waals surface area contributed by atoms with Crippen LogP contribution in [-0.2, 0) is 0 Å². The van der Waals surface area contributed by atoms with Gasteiger partial charge in [-0.2, -0.15) is 5.26 Å². The number of thiophene rings is 1. The van der Waals surface area contributed by atoms with Gasteiger partial charge in [0.2, 0.25) is 0 Å². The Hall–Kier alpha value is -1.82. The standard InChI is InChI=1S/C12H13N3OS/c1-15(7-3-6-14)12(16)10-8-11(17-9-10)4-2-5-13/h8-9H,3,5,7,13H2,1H3. The molecule has 1 heterocycles. The molecular formula is C12H13N3OS. The smallest absolute Gasteiger partial charge is 0.254 e. The molecule has 0 fully saturated rings. The maximum Gasteiger partial charge on any atom is 0.254 e. The third-order valence-corrected chi connectivity index (χ3v) is 2.91. The predicted octanol–water partition coefficient (Wildman–Crippen LogP) is 1.04. The van der Waals surface area contributed by atoms with Gasteiger partial charge < -0.3 is 10.6 Å². The fourth-order valence-corrected chi connectivity index (χ4v) is 1.94. The molecule has 0 aliphatic carbocycles. The number of nitriles is 1. The molecule has 88 valence electrons. The van der Waals surface area contributed by atoms with Crippen LogP contribution in [0.15, 0.2) is 11.4 Å². The van der Waals surface area contributed by atoms with E-state index in [4.69, 9.17) is 11.0 Å². The summed E-state index contributed by atoms with van der Waals surface area (Å²) in [7, 11) is 1.68. The Kier molecular flexibility index (Phi) is 5.22. The number of hydrogen-bond acceptors (Lipinski definition) is 4. The van der Waals surface area contributed by atoms with Crippen LogP contribution < -0.4 is 5.73 Å². The molecule has 1 amide bonds. The maximum atomic E-state index is 11.9. The lowest BCUT2D eigenvalue weighted by atomic mass is 10.2. The number of rotatable bonds is 3. The summed E-state index contributed by atoms with van der Waals surface area (Å²) in [5.41, 5.74) is 5.88. The highest BCUT2D eigenvalue weighted by atomic mass is 32.1. The van der Waals surface area contributed by atoms with E-state index in [9.17, 15) is 4.79 Å². The van der Waals surface area contributed by atoms with Crippen LogP contribution in [0, 0.1) is 23.2 Å². The molecule has 0 radical (unpaired) electrons. The van der Waals surface area contributed by atoms with Crippen LogP contribution in [0.2, 0.25) is 0 Å². The molecular weight excluding hydrogens is 234 g/mol. The summed E-state index contributed by atoms with van der Waals surface area (Å²) in [5, 5.41) is 10.2. The van der Waals surface area contributed by atoms with E-state index in [0.29, 0.717) is 25.1 Å². The maximum absolute atomic E-state index is 11.9. The number of amides is 1. The first-order valence-electron chi connectivity index (χ1n) is 5.09. The Bertz CT molecular complexity index is 490. The van der Waals surface area contributed by atoms with E-state index < -0.39 is 0 Å². The van der Waals surface area contributed by atoms with Gasteiger partial charge in [-0.3, -0.25) is 4.79 Å². The number of nitrogens with zero attached hydrogens (tertiary/aromatic N) is 2. The zero-order valence-corrected chi connectivity index (χ0v) is 10.4. The fraction of sp³-hybridized carbons (Fsp3) is 0.333. The first-order valence-corrected chi connectivity index (χ1v) is 5.97. The van der Waals surface area contributed by atoms with E-state index in [-0.39, 0.29) is 5.91 Å². The van der Waals surface area contributed by atoms with Crippen LogP contribution in [0.25, 0.3) is 0 Å². The molecule has 0 atom stereocenters. The average Bonchev–Trinajstić information content (AvgIpc) is 2.81. The molecule has 0 saturated heterocycles. The molecule has 0 unspecified atom stereocenters. The van der Waals surface area contributed by atoms with Gasteiger partial charge in [-0.15, -0.1) is 11.3 Å². The topological polar surface area (TPSA) is 70.1 Å². The van der Waals surface area contributed by atoms with E-state index in [0.717, 1.165) is 4.88 Å². The van der Waals surface area contributed by atoms with Gasteiger partial charge in [0.1, 0.15) is 0 Å². The number of nitrogens with two attached hydrogens (primary N) is 1. The lowest BCUT2D eigenvalue weighted by Gasteiger charge is -2.13. The molecule has 0 aliphatic heterocycles. The van der Waals surface area contributed by atoms with Gasteiger partial charge in [-0.1, -0.05) is 11.8 Å². The number of carbonyl (C=O) groups excluding carboxylic acids is 1. The molecule has 1 aromatic rings. The zero-order chi connectivity index (χ0) is 12.7. The Morgan fingerprint density at radius 2 is 2.41 bits per heavy atom. The normalized spacial score (nSPS) is 9.00. The van der Waals surface area contributed by atoms with Crippen molar-refractivity contribution >= 4 is 17.2 Å². The van der Waals surface area contributed by atoms with Crippen molar-refractivity contribution in [3.8, 4) is 17.9 Å². The van der Waals surface area contributed by atoms with Crippen molar-refractivity contribution in [1.29, 1.82) is 5.26 Å². The van der Waals surface area contributed by atoms with Gasteiger partial charge >= 0.3 is 0 Å². The van der Waals surface area contributed by atoms with Crippen molar-refractivity contribution in [1.82, 2.24) is 4.90 Å². The van der Waals surface area contributed by atoms with Crippen LogP contribution in [0.1, 0.15) is 21.7 Å². The highest BCUT2D eigenvalue weighted by molar-refractivity contribution is 7.10. The lowest BCUT2D eigenvalue weighted by Crippen LogP contribution is -2.27. The number of carbonyl (C=O) groups is 1. The Morgan fingerprint density at radius 1 is 1.65 bits per heavy atom. The molecule has 2 N–H and O–H groups in total. The van der Waals surface area contributed by atoms with Gasteiger partial charge in [0.05, 0.1) is 29.5 Å². The van der Waals surface area contributed by atoms with Crippen LogP contribution in [0.3, 0.4) is 0 Å². The van der Waals surface area contributed by atoms with Gasteiger partial charge in [-0.25, -0.2) is 0 Å². The summed E-state index contributed by atoms with van der Waals surface area (Å²) in [6.07, 6.45) is 0.339. The molecule has 0 aromatic carbocycles.